The Kier molecular flexibility index (Phi) is 3.79. The van der Waals surface area contributed by atoms with Gasteiger partial charge in [0, 0.05) is 21.7 Å². The monoisotopic (exact) mass is 295 g/mol. The number of ether oxygens (including phenoxy) is 1. The first kappa shape index (κ1) is 13.5. The molecule has 3 rings (SSSR count). The molecular weight excluding hydrogens is 282 g/mol. The molecule has 1 aromatic heterocycles. The SMILES string of the molecule is COc1ccc(N=Cc2csc3ccccc3c2=O)cc1. The van der Waals surface area contributed by atoms with Crippen molar-refractivity contribution in [2.45, 2.75) is 0 Å². The van der Waals surface area contributed by atoms with E-state index in [4.69, 9.17) is 4.74 Å². The fourth-order valence-corrected chi connectivity index (χ4v) is 2.86. The smallest absolute Gasteiger partial charge is 0.196 e. The van der Waals surface area contributed by atoms with Gasteiger partial charge in [-0.3, -0.25) is 9.79 Å². The van der Waals surface area contributed by atoms with Crippen molar-refractivity contribution >= 4 is 33.3 Å². The van der Waals surface area contributed by atoms with Crippen LogP contribution in [0.5, 0.6) is 5.75 Å². The first-order chi connectivity index (χ1) is 10.3. The summed E-state index contributed by atoms with van der Waals surface area (Å²) in [5.41, 5.74) is 1.41. The van der Waals surface area contributed by atoms with E-state index in [9.17, 15) is 4.79 Å². The van der Waals surface area contributed by atoms with Crippen LogP contribution in [0, 0.1) is 0 Å². The van der Waals surface area contributed by atoms with Gasteiger partial charge in [-0.2, -0.15) is 0 Å². The Morgan fingerprint density at radius 2 is 1.86 bits per heavy atom. The van der Waals surface area contributed by atoms with Crippen LogP contribution in [0.25, 0.3) is 10.1 Å². The molecule has 3 aromatic rings. The van der Waals surface area contributed by atoms with Crippen molar-refractivity contribution < 1.29 is 4.74 Å². The molecule has 0 saturated heterocycles. The molecule has 21 heavy (non-hydrogen) atoms. The highest BCUT2D eigenvalue weighted by Gasteiger charge is 2.02. The molecule has 0 spiro atoms. The summed E-state index contributed by atoms with van der Waals surface area (Å²) in [5.74, 6) is 0.784. The van der Waals surface area contributed by atoms with Gasteiger partial charge in [-0.25, -0.2) is 0 Å². The van der Waals surface area contributed by atoms with Crippen LogP contribution in [0.2, 0.25) is 0 Å². The maximum absolute atomic E-state index is 12.3. The van der Waals surface area contributed by atoms with E-state index in [0.717, 1.165) is 21.5 Å². The van der Waals surface area contributed by atoms with Crippen LogP contribution >= 0.6 is 11.3 Å². The van der Waals surface area contributed by atoms with Crippen molar-refractivity contribution in [2.24, 2.45) is 4.99 Å². The topological polar surface area (TPSA) is 38.7 Å². The van der Waals surface area contributed by atoms with Crippen LogP contribution in [0.1, 0.15) is 5.56 Å². The van der Waals surface area contributed by atoms with Gasteiger partial charge in [0.15, 0.2) is 5.43 Å². The van der Waals surface area contributed by atoms with Gasteiger partial charge in [0.05, 0.1) is 18.4 Å². The molecule has 0 N–H and O–H groups in total. The fourth-order valence-electron chi connectivity index (χ4n) is 1.99. The van der Waals surface area contributed by atoms with Crippen molar-refractivity contribution in [1.29, 1.82) is 0 Å². The van der Waals surface area contributed by atoms with Gasteiger partial charge < -0.3 is 4.74 Å². The maximum Gasteiger partial charge on any atom is 0.196 e. The van der Waals surface area contributed by atoms with Gasteiger partial charge in [-0.05, 0) is 36.4 Å². The van der Waals surface area contributed by atoms with Gasteiger partial charge in [-0.15, -0.1) is 11.3 Å². The summed E-state index contributed by atoms with van der Waals surface area (Å²) in [7, 11) is 1.62. The molecule has 0 fully saturated rings. The lowest BCUT2D eigenvalue weighted by Gasteiger charge is -1.99. The minimum Gasteiger partial charge on any atom is -0.497 e. The summed E-state index contributed by atoms with van der Waals surface area (Å²) < 4.78 is 6.09. The molecular formula is C17H13NO2S. The van der Waals surface area contributed by atoms with E-state index < -0.39 is 0 Å². The molecule has 0 aliphatic rings. The number of aliphatic imine (C=N–C) groups is 1. The summed E-state index contributed by atoms with van der Waals surface area (Å²) in [6.07, 6.45) is 1.62. The molecule has 104 valence electrons. The van der Waals surface area contributed by atoms with Crippen molar-refractivity contribution in [3.05, 3.63) is 69.7 Å². The number of fused-ring (bicyclic) bond motifs is 1. The molecule has 0 saturated carbocycles. The predicted molar refractivity (Wildman–Crippen MR) is 88.3 cm³/mol. The first-order valence-electron chi connectivity index (χ1n) is 6.46. The van der Waals surface area contributed by atoms with E-state index in [2.05, 4.69) is 4.99 Å². The zero-order valence-electron chi connectivity index (χ0n) is 11.4. The highest BCUT2D eigenvalue weighted by atomic mass is 32.1. The van der Waals surface area contributed by atoms with Crippen LogP contribution in [0.3, 0.4) is 0 Å². The molecule has 0 aliphatic carbocycles. The molecule has 0 amide bonds. The average molecular weight is 295 g/mol. The zero-order valence-corrected chi connectivity index (χ0v) is 12.3. The van der Waals surface area contributed by atoms with Gasteiger partial charge >= 0.3 is 0 Å². The third-order valence-electron chi connectivity index (χ3n) is 3.13. The van der Waals surface area contributed by atoms with E-state index >= 15 is 0 Å². The van der Waals surface area contributed by atoms with E-state index in [1.165, 1.54) is 0 Å². The Bertz CT molecular complexity index is 851. The molecule has 0 radical (unpaired) electrons. The van der Waals surface area contributed by atoms with Gasteiger partial charge in [-0.1, -0.05) is 12.1 Å². The Morgan fingerprint density at radius 3 is 2.62 bits per heavy atom. The lowest BCUT2D eigenvalue weighted by atomic mass is 10.2. The lowest BCUT2D eigenvalue weighted by Crippen LogP contribution is -2.06. The third-order valence-corrected chi connectivity index (χ3v) is 4.11. The van der Waals surface area contributed by atoms with Gasteiger partial charge in [0.2, 0.25) is 0 Å². The molecule has 0 bridgehead atoms. The van der Waals surface area contributed by atoms with Gasteiger partial charge in [0.25, 0.3) is 0 Å². The number of hydrogen-bond donors (Lipinski definition) is 0. The second kappa shape index (κ2) is 5.89. The number of rotatable bonds is 3. The fraction of sp³-hybridized carbons (Fsp3) is 0.0588. The molecule has 0 aliphatic heterocycles. The number of benzene rings is 2. The number of hydrogen-bond acceptors (Lipinski definition) is 4. The summed E-state index contributed by atoms with van der Waals surface area (Å²) >= 11 is 1.55. The average Bonchev–Trinajstić information content (AvgIpc) is 2.55. The Labute approximate surface area is 126 Å². The van der Waals surface area contributed by atoms with Crippen LogP contribution < -0.4 is 10.2 Å². The molecule has 0 atom stereocenters. The second-order valence-corrected chi connectivity index (χ2v) is 5.38. The van der Waals surface area contributed by atoms with Crippen molar-refractivity contribution in [3.63, 3.8) is 0 Å². The van der Waals surface area contributed by atoms with Crippen molar-refractivity contribution in [2.75, 3.05) is 7.11 Å². The minimum absolute atomic E-state index is 0.0154. The molecule has 4 heteroatoms. The van der Waals surface area contributed by atoms with E-state index in [1.54, 1.807) is 24.7 Å². The molecule has 3 nitrogen and oxygen atoms in total. The highest BCUT2D eigenvalue weighted by molar-refractivity contribution is 7.16. The standard InChI is InChI=1S/C17H13NO2S/c1-20-14-8-6-13(7-9-14)18-10-12-11-21-16-5-3-2-4-15(16)17(12)19/h2-11H,1H3. The van der Waals surface area contributed by atoms with Gasteiger partial charge in [0.1, 0.15) is 5.75 Å². The Morgan fingerprint density at radius 1 is 1.10 bits per heavy atom. The maximum atomic E-state index is 12.3. The van der Waals surface area contributed by atoms with Crippen molar-refractivity contribution in [1.82, 2.24) is 0 Å². The van der Waals surface area contributed by atoms with Crippen molar-refractivity contribution in [3.8, 4) is 5.75 Å². The largest absolute Gasteiger partial charge is 0.497 e. The summed E-state index contributed by atoms with van der Waals surface area (Å²) in [6.45, 7) is 0. The highest BCUT2D eigenvalue weighted by Crippen LogP contribution is 2.18. The van der Waals surface area contributed by atoms with Crippen LogP contribution in [-0.4, -0.2) is 13.3 Å². The Balaban J connectivity index is 1.95. The Hall–Kier alpha value is -2.46. The normalized spacial score (nSPS) is 11.1. The second-order valence-electron chi connectivity index (χ2n) is 4.47. The van der Waals surface area contributed by atoms with Crippen LogP contribution in [-0.2, 0) is 0 Å². The van der Waals surface area contributed by atoms with E-state index in [1.807, 2.05) is 53.9 Å². The zero-order chi connectivity index (χ0) is 14.7. The van der Waals surface area contributed by atoms with Crippen LogP contribution in [0.15, 0.2) is 63.7 Å². The number of nitrogens with zero attached hydrogens (tertiary/aromatic N) is 1. The van der Waals surface area contributed by atoms with E-state index in [0.29, 0.717) is 5.56 Å². The molecule has 0 unspecified atom stereocenters. The number of methoxy groups -OCH3 is 1. The quantitative estimate of drug-likeness (QED) is 0.684. The lowest BCUT2D eigenvalue weighted by molar-refractivity contribution is 0.415. The van der Waals surface area contributed by atoms with Crippen LogP contribution in [0.4, 0.5) is 5.69 Å². The molecule has 2 aromatic carbocycles. The summed E-state index contributed by atoms with van der Waals surface area (Å²) in [5, 5.41) is 2.58. The first-order valence-corrected chi connectivity index (χ1v) is 7.34. The summed E-state index contributed by atoms with van der Waals surface area (Å²) in [4.78, 5) is 16.7. The minimum atomic E-state index is 0.0154. The summed E-state index contributed by atoms with van der Waals surface area (Å²) in [6, 6.07) is 15.0. The molecule has 1 heterocycles. The predicted octanol–water partition coefficient (Wildman–Crippen LogP) is 4.02. The third kappa shape index (κ3) is 2.85. The van der Waals surface area contributed by atoms with E-state index in [-0.39, 0.29) is 5.43 Å².